The van der Waals surface area contributed by atoms with Gasteiger partial charge in [-0.05, 0) is 35.9 Å². The number of benzene rings is 2. The van der Waals surface area contributed by atoms with Crippen LogP contribution in [-0.4, -0.2) is 24.3 Å². The number of aldehydes is 1. The van der Waals surface area contributed by atoms with E-state index in [0.29, 0.717) is 17.1 Å². The zero-order valence-corrected chi connectivity index (χ0v) is 14.0. The Balaban J connectivity index is 2.01. The van der Waals surface area contributed by atoms with Crippen LogP contribution in [0.1, 0.15) is 20.7 Å². The van der Waals surface area contributed by atoms with Crippen LogP contribution in [0, 0.1) is 0 Å². The Bertz CT molecular complexity index is 970. The fourth-order valence-electron chi connectivity index (χ4n) is 2.60. The molecule has 0 unspecified atom stereocenters. The molecule has 0 aliphatic rings. The van der Waals surface area contributed by atoms with Crippen molar-refractivity contribution in [1.82, 2.24) is 4.98 Å². The van der Waals surface area contributed by atoms with Crippen molar-refractivity contribution in [2.24, 2.45) is 5.73 Å². The molecule has 6 heteroatoms. The predicted octanol–water partition coefficient (Wildman–Crippen LogP) is 3.46. The van der Waals surface area contributed by atoms with Gasteiger partial charge in [-0.3, -0.25) is 9.59 Å². The van der Waals surface area contributed by atoms with Crippen molar-refractivity contribution < 1.29 is 19.1 Å². The maximum absolute atomic E-state index is 11.5. The molecule has 130 valence electrons. The number of nitrogens with two attached hydrogens (primary N) is 1. The van der Waals surface area contributed by atoms with Crippen LogP contribution in [0.15, 0.2) is 60.8 Å². The number of primary amides is 1. The highest BCUT2D eigenvalue weighted by Gasteiger charge is 2.13. The SMILES string of the molecule is COc1c(C=O)cccc1-c1cccc(Oc2ncccc2C(N)=O)c1. The van der Waals surface area contributed by atoms with E-state index in [1.54, 1.807) is 42.5 Å². The fraction of sp³-hybridized carbons (Fsp3) is 0.0500. The van der Waals surface area contributed by atoms with Gasteiger partial charge in [0.15, 0.2) is 6.29 Å². The lowest BCUT2D eigenvalue weighted by Crippen LogP contribution is -2.12. The maximum Gasteiger partial charge on any atom is 0.254 e. The molecular weight excluding hydrogens is 332 g/mol. The molecule has 6 nitrogen and oxygen atoms in total. The van der Waals surface area contributed by atoms with E-state index in [0.717, 1.165) is 17.4 Å². The van der Waals surface area contributed by atoms with Crippen LogP contribution < -0.4 is 15.2 Å². The van der Waals surface area contributed by atoms with Gasteiger partial charge in [0.1, 0.15) is 17.1 Å². The minimum atomic E-state index is -0.621. The number of hydrogen-bond acceptors (Lipinski definition) is 5. The van der Waals surface area contributed by atoms with Crippen molar-refractivity contribution in [3.63, 3.8) is 0 Å². The summed E-state index contributed by atoms with van der Waals surface area (Å²) in [7, 11) is 1.51. The highest BCUT2D eigenvalue weighted by atomic mass is 16.5. The van der Waals surface area contributed by atoms with Crippen molar-refractivity contribution in [1.29, 1.82) is 0 Å². The standard InChI is InChI=1S/C20H16N2O4/c1-25-18-14(12-23)6-3-8-16(18)13-5-2-7-15(11-13)26-20-17(19(21)24)9-4-10-22-20/h2-12H,1H3,(H2,21,24). The number of rotatable bonds is 6. The lowest BCUT2D eigenvalue weighted by atomic mass is 10.0. The predicted molar refractivity (Wildman–Crippen MR) is 96.6 cm³/mol. The molecule has 3 rings (SSSR count). The summed E-state index contributed by atoms with van der Waals surface area (Å²) in [6.45, 7) is 0. The summed E-state index contributed by atoms with van der Waals surface area (Å²) >= 11 is 0. The molecule has 0 aliphatic heterocycles. The number of ether oxygens (including phenoxy) is 2. The van der Waals surface area contributed by atoms with Crippen molar-refractivity contribution in [2.45, 2.75) is 0 Å². The number of amides is 1. The Morgan fingerprint density at radius 1 is 1.12 bits per heavy atom. The summed E-state index contributed by atoms with van der Waals surface area (Å²) in [6.07, 6.45) is 2.26. The zero-order valence-electron chi connectivity index (χ0n) is 14.0. The highest BCUT2D eigenvalue weighted by molar-refractivity contribution is 5.95. The molecule has 26 heavy (non-hydrogen) atoms. The van der Waals surface area contributed by atoms with Crippen LogP contribution in [0.4, 0.5) is 0 Å². The van der Waals surface area contributed by atoms with E-state index in [1.165, 1.54) is 13.3 Å². The first-order valence-electron chi connectivity index (χ1n) is 7.79. The van der Waals surface area contributed by atoms with Crippen LogP contribution in [-0.2, 0) is 0 Å². The number of aromatic nitrogens is 1. The summed E-state index contributed by atoms with van der Waals surface area (Å²) in [6, 6.07) is 15.6. The third-order valence-corrected chi connectivity index (χ3v) is 3.77. The highest BCUT2D eigenvalue weighted by Crippen LogP contribution is 2.35. The molecule has 1 amide bonds. The number of nitrogens with zero attached hydrogens (tertiary/aromatic N) is 1. The summed E-state index contributed by atoms with van der Waals surface area (Å²) in [4.78, 5) is 26.8. The lowest BCUT2D eigenvalue weighted by molar-refractivity contribution is 0.0997. The van der Waals surface area contributed by atoms with E-state index < -0.39 is 5.91 Å². The number of carbonyl (C=O) groups excluding carboxylic acids is 2. The number of pyridine rings is 1. The summed E-state index contributed by atoms with van der Waals surface area (Å²) in [5.41, 5.74) is 7.54. The molecule has 0 spiro atoms. The van der Waals surface area contributed by atoms with Gasteiger partial charge in [0, 0.05) is 11.8 Å². The Hall–Kier alpha value is -3.67. The smallest absolute Gasteiger partial charge is 0.254 e. The van der Waals surface area contributed by atoms with E-state index in [1.807, 2.05) is 12.1 Å². The molecule has 3 aromatic rings. The molecule has 2 N–H and O–H groups in total. The molecule has 1 heterocycles. The third kappa shape index (κ3) is 3.39. The first-order valence-corrected chi connectivity index (χ1v) is 7.79. The average molecular weight is 348 g/mol. The van der Waals surface area contributed by atoms with Crippen LogP contribution in [0.3, 0.4) is 0 Å². The van der Waals surface area contributed by atoms with Crippen molar-refractivity contribution >= 4 is 12.2 Å². The Morgan fingerprint density at radius 3 is 2.65 bits per heavy atom. The van der Waals surface area contributed by atoms with E-state index in [4.69, 9.17) is 15.2 Å². The van der Waals surface area contributed by atoms with Gasteiger partial charge >= 0.3 is 0 Å². The normalized spacial score (nSPS) is 10.2. The van der Waals surface area contributed by atoms with Crippen molar-refractivity contribution in [3.05, 3.63) is 71.9 Å². The van der Waals surface area contributed by atoms with Crippen LogP contribution in [0.25, 0.3) is 11.1 Å². The molecule has 0 radical (unpaired) electrons. The lowest BCUT2D eigenvalue weighted by Gasteiger charge is -2.12. The summed E-state index contributed by atoms with van der Waals surface area (Å²) in [5.74, 6) is 0.466. The quantitative estimate of drug-likeness (QED) is 0.689. The molecule has 0 aliphatic carbocycles. The van der Waals surface area contributed by atoms with Crippen LogP contribution in [0.2, 0.25) is 0 Å². The van der Waals surface area contributed by atoms with Gasteiger partial charge in [0.05, 0.1) is 12.7 Å². The number of carbonyl (C=O) groups is 2. The monoisotopic (exact) mass is 348 g/mol. The molecule has 2 aromatic carbocycles. The Labute approximate surface area is 150 Å². The van der Waals surface area contributed by atoms with Gasteiger partial charge in [-0.25, -0.2) is 4.98 Å². The summed E-state index contributed by atoms with van der Waals surface area (Å²) in [5, 5.41) is 0. The van der Waals surface area contributed by atoms with Crippen LogP contribution in [0.5, 0.6) is 17.4 Å². The third-order valence-electron chi connectivity index (χ3n) is 3.77. The Morgan fingerprint density at radius 2 is 1.92 bits per heavy atom. The largest absolute Gasteiger partial charge is 0.495 e. The van der Waals surface area contributed by atoms with Crippen molar-refractivity contribution in [2.75, 3.05) is 7.11 Å². The molecule has 1 aromatic heterocycles. The second-order valence-electron chi connectivity index (χ2n) is 5.40. The first-order chi connectivity index (χ1) is 12.6. The van der Waals surface area contributed by atoms with E-state index in [2.05, 4.69) is 4.98 Å². The summed E-state index contributed by atoms with van der Waals surface area (Å²) < 4.78 is 11.1. The van der Waals surface area contributed by atoms with Crippen LogP contribution >= 0.6 is 0 Å². The van der Waals surface area contributed by atoms with E-state index >= 15 is 0 Å². The number of methoxy groups -OCH3 is 1. The van der Waals surface area contributed by atoms with E-state index in [9.17, 15) is 9.59 Å². The molecule has 0 saturated carbocycles. The minimum absolute atomic E-state index is 0.130. The van der Waals surface area contributed by atoms with Gasteiger partial charge in [-0.1, -0.05) is 24.3 Å². The first kappa shape index (κ1) is 17.2. The molecule has 0 atom stereocenters. The second kappa shape index (κ2) is 7.48. The molecule has 0 saturated heterocycles. The topological polar surface area (TPSA) is 91.5 Å². The average Bonchev–Trinajstić information content (AvgIpc) is 2.67. The molecule has 0 bridgehead atoms. The van der Waals surface area contributed by atoms with Gasteiger partial charge in [-0.2, -0.15) is 0 Å². The van der Waals surface area contributed by atoms with Gasteiger partial charge in [0.2, 0.25) is 5.88 Å². The number of hydrogen-bond donors (Lipinski definition) is 1. The number of para-hydroxylation sites is 1. The van der Waals surface area contributed by atoms with Gasteiger partial charge in [-0.15, -0.1) is 0 Å². The second-order valence-corrected chi connectivity index (χ2v) is 5.40. The fourth-order valence-corrected chi connectivity index (χ4v) is 2.60. The van der Waals surface area contributed by atoms with Gasteiger partial charge in [0.25, 0.3) is 5.91 Å². The van der Waals surface area contributed by atoms with Crippen molar-refractivity contribution in [3.8, 4) is 28.5 Å². The maximum atomic E-state index is 11.5. The zero-order chi connectivity index (χ0) is 18.5. The Kier molecular flexibility index (Phi) is 4.94. The van der Waals surface area contributed by atoms with Gasteiger partial charge < -0.3 is 15.2 Å². The minimum Gasteiger partial charge on any atom is -0.495 e. The molecular formula is C20H16N2O4. The molecule has 0 fully saturated rings. The van der Waals surface area contributed by atoms with E-state index in [-0.39, 0.29) is 11.4 Å².